The first kappa shape index (κ1) is 53.6. The number of carbonyl (C=O) groups is 1. The first-order valence-electron chi connectivity index (χ1n) is 23.2. The lowest BCUT2D eigenvalue weighted by molar-refractivity contribution is -0.302. The minimum Gasteiger partial charge on any atom is -0.394 e. The molecule has 334 valence electrons. The maximum absolute atomic E-state index is 12.9. The van der Waals surface area contributed by atoms with Crippen LogP contribution >= 0.6 is 0 Å². The lowest BCUT2D eigenvalue weighted by Crippen LogP contribution is -2.60. The van der Waals surface area contributed by atoms with Crippen molar-refractivity contribution in [1.29, 1.82) is 0 Å². The lowest BCUT2D eigenvalue weighted by Gasteiger charge is -2.40. The van der Waals surface area contributed by atoms with E-state index in [0.717, 1.165) is 44.9 Å². The molecule has 1 aliphatic rings. The number of amides is 1. The maximum atomic E-state index is 12.9. The molecule has 0 aromatic rings. The summed E-state index contributed by atoms with van der Waals surface area (Å²) in [5, 5.41) is 54.1. The van der Waals surface area contributed by atoms with Crippen LogP contribution in [0.5, 0.6) is 0 Å². The zero-order chi connectivity index (χ0) is 42.3. The second kappa shape index (κ2) is 38.8. The van der Waals surface area contributed by atoms with Gasteiger partial charge in [0.25, 0.3) is 0 Å². The molecule has 9 heteroatoms. The number of aliphatic hydroxyl groups excluding tert-OH is 5. The summed E-state index contributed by atoms with van der Waals surface area (Å²) < 4.78 is 11.2. The third kappa shape index (κ3) is 29.0. The topological polar surface area (TPSA) is 149 Å². The summed E-state index contributed by atoms with van der Waals surface area (Å²) in [6.45, 7) is 3.70. The van der Waals surface area contributed by atoms with Crippen LogP contribution in [0.3, 0.4) is 0 Å². The van der Waals surface area contributed by atoms with Crippen LogP contribution in [-0.2, 0) is 14.3 Å². The van der Waals surface area contributed by atoms with Gasteiger partial charge >= 0.3 is 0 Å². The Bertz CT molecular complexity index is 1130. The van der Waals surface area contributed by atoms with Crippen LogP contribution in [0.4, 0.5) is 0 Å². The number of hydrogen-bond acceptors (Lipinski definition) is 8. The normalized spacial score (nSPS) is 21.5. The van der Waals surface area contributed by atoms with Crippen LogP contribution in [0.1, 0.15) is 174 Å². The molecule has 6 N–H and O–H groups in total. The lowest BCUT2D eigenvalue weighted by atomic mass is 9.99. The molecule has 0 spiro atoms. The van der Waals surface area contributed by atoms with Crippen molar-refractivity contribution in [2.24, 2.45) is 0 Å². The molecule has 0 radical (unpaired) electrons. The molecule has 58 heavy (non-hydrogen) atoms. The number of ether oxygens (including phenoxy) is 2. The highest BCUT2D eigenvalue weighted by Crippen LogP contribution is 2.22. The summed E-state index contributed by atoms with van der Waals surface area (Å²) in [5.41, 5.74) is 0. The molecule has 0 aromatic heterocycles. The Balaban J connectivity index is 2.43. The fourth-order valence-corrected chi connectivity index (χ4v) is 6.75. The van der Waals surface area contributed by atoms with Crippen molar-refractivity contribution in [3.63, 3.8) is 0 Å². The van der Waals surface area contributed by atoms with E-state index >= 15 is 0 Å². The van der Waals surface area contributed by atoms with Crippen molar-refractivity contribution < 1.29 is 39.8 Å². The van der Waals surface area contributed by atoms with Gasteiger partial charge in [0.2, 0.25) is 5.91 Å². The van der Waals surface area contributed by atoms with Crippen LogP contribution in [0.15, 0.2) is 72.9 Å². The molecule has 1 aliphatic heterocycles. The van der Waals surface area contributed by atoms with Gasteiger partial charge in [-0.3, -0.25) is 4.79 Å². The van der Waals surface area contributed by atoms with E-state index in [4.69, 9.17) is 9.47 Å². The van der Waals surface area contributed by atoms with E-state index in [-0.39, 0.29) is 18.9 Å². The van der Waals surface area contributed by atoms with Crippen molar-refractivity contribution in [2.75, 3.05) is 13.2 Å². The van der Waals surface area contributed by atoms with Gasteiger partial charge in [0.05, 0.1) is 25.4 Å². The van der Waals surface area contributed by atoms with Gasteiger partial charge in [0.15, 0.2) is 6.29 Å². The standard InChI is InChI=1S/C49H85NO8/c1-3-5-7-9-11-13-15-17-19-20-21-22-23-24-25-27-29-31-33-35-37-39-45(53)50-42(41-57-49-48(56)47(55)46(54)44(40-51)58-49)43(52)38-36-34-32-30-28-26-18-16-14-12-10-8-6-4-2/h19-20,22-23,25,27-28,30-31,33,36,38,42-44,46-49,51-52,54-56H,3-18,21,24,26,29,32,34-35,37,39-41H2,1-2H3,(H,50,53)/b20-19+,23-22+,27-25+,30-28+,33-31+,38-36+/t42-,43+,44-,46-,47?,48?,49-/m0/s1. The van der Waals surface area contributed by atoms with Crippen molar-refractivity contribution in [1.82, 2.24) is 5.32 Å². The third-order valence-corrected chi connectivity index (χ3v) is 10.5. The highest BCUT2D eigenvalue weighted by Gasteiger charge is 2.44. The number of carbonyl (C=O) groups excluding carboxylic acids is 1. The largest absolute Gasteiger partial charge is 0.394 e. The number of allylic oxidation sites excluding steroid dienone is 11. The van der Waals surface area contributed by atoms with Crippen molar-refractivity contribution in [2.45, 2.75) is 217 Å². The molecule has 0 bridgehead atoms. The van der Waals surface area contributed by atoms with E-state index in [1.165, 1.54) is 103 Å². The first-order valence-corrected chi connectivity index (χ1v) is 23.2. The predicted octanol–water partition coefficient (Wildman–Crippen LogP) is 9.78. The number of hydrogen-bond donors (Lipinski definition) is 6. The molecule has 1 saturated heterocycles. The number of unbranched alkanes of at least 4 members (excludes halogenated alkanes) is 17. The van der Waals surface area contributed by atoms with E-state index in [2.05, 4.69) is 79.9 Å². The molecule has 1 heterocycles. The fraction of sp³-hybridized carbons (Fsp3) is 0.735. The molecule has 0 aliphatic carbocycles. The summed E-state index contributed by atoms with van der Waals surface area (Å²) in [7, 11) is 0. The first-order chi connectivity index (χ1) is 28.3. The zero-order valence-electron chi connectivity index (χ0n) is 36.5. The smallest absolute Gasteiger partial charge is 0.220 e. The average Bonchev–Trinajstić information content (AvgIpc) is 3.22. The summed E-state index contributed by atoms with van der Waals surface area (Å²) in [5.74, 6) is -0.244. The van der Waals surface area contributed by atoms with Gasteiger partial charge in [-0.25, -0.2) is 0 Å². The molecule has 2 unspecified atom stereocenters. The van der Waals surface area contributed by atoms with E-state index in [1.54, 1.807) is 6.08 Å². The van der Waals surface area contributed by atoms with E-state index in [1.807, 2.05) is 6.08 Å². The monoisotopic (exact) mass is 816 g/mol. The Morgan fingerprint density at radius 2 is 1.03 bits per heavy atom. The average molecular weight is 816 g/mol. The Morgan fingerprint density at radius 3 is 1.57 bits per heavy atom. The minimum absolute atomic E-state index is 0.226. The van der Waals surface area contributed by atoms with Gasteiger partial charge in [0.1, 0.15) is 24.4 Å². The highest BCUT2D eigenvalue weighted by molar-refractivity contribution is 5.76. The van der Waals surface area contributed by atoms with Crippen LogP contribution in [0, 0.1) is 0 Å². The van der Waals surface area contributed by atoms with Gasteiger partial charge in [-0.1, -0.05) is 170 Å². The quantitative estimate of drug-likeness (QED) is 0.0268. The van der Waals surface area contributed by atoms with Gasteiger partial charge in [-0.15, -0.1) is 0 Å². The molecule has 9 nitrogen and oxygen atoms in total. The Kier molecular flexibility index (Phi) is 35.9. The second-order valence-corrected chi connectivity index (χ2v) is 15.8. The summed E-state index contributed by atoms with van der Waals surface area (Å²) in [4.78, 5) is 12.9. The molecular weight excluding hydrogens is 731 g/mol. The Labute approximate surface area is 353 Å². The van der Waals surface area contributed by atoms with Crippen molar-refractivity contribution in [3.8, 4) is 0 Å². The van der Waals surface area contributed by atoms with Gasteiger partial charge in [-0.05, 0) is 70.6 Å². The zero-order valence-corrected chi connectivity index (χ0v) is 36.5. The minimum atomic E-state index is -1.58. The van der Waals surface area contributed by atoms with Crippen molar-refractivity contribution >= 4 is 5.91 Å². The van der Waals surface area contributed by atoms with Crippen LogP contribution < -0.4 is 5.32 Å². The van der Waals surface area contributed by atoms with E-state index in [0.29, 0.717) is 6.42 Å². The third-order valence-electron chi connectivity index (χ3n) is 10.5. The summed E-state index contributed by atoms with van der Waals surface area (Å²) in [6.07, 6.45) is 45.2. The highest BCUT2D eigenvalue weighted by atomic mass is 16.7. The van der Waals surface area contributed by atoms with Gasteiger partial charge < -0.3 is 40.3 Å². The number of aliphatic hydroxyl groups is 5. The molecular formula is C49H85NO8. The molecule has 1 fully saturated rings. The van der Waals surface area contributed by atoms with Gasteiger partial charge in [-0.2, -0.15) is 0 Å². The molecule has 1 rings (SSSR count). The number of nitrogens with one attached hydrogen (secondary N) is 1. The molecule has 1 amide bonds. The molecule has 0 saturated carbocycles. The van der Waals surface area contributed by atoms with E-state index < -0.39 is 49.5 Å². The summed E-state index contributed by atoms with van der Waals surface area (Å²) >= 11 is 0. The Hall–Kier alpha value is -2.37. The molecule has 0 aromatic carbocycles. The second-order valence-electron chi connectivity index (χ2n) is 15.8. The SMILES string of the molecule is CCCCCCCCC/C=C/C/C=C/C/C=C/C/C=C/CCCC(=O)N[C@@H](CO[C@H]1O[C@@H](CO)[C@H](O)C(O)C1O)[C@H](O)/C=C/CC/C=C/CCCCCCCCCC. The molecule has 7 atom stereocenters. The number of rotatable bonds is 37. The van der Waals surface area contributed by atoms with Crippen LogP contribution in [-0.4, -0.2) is 87.5 Å². The summed E-state index contributed by atoms with van der Waals surface area (Å²) in [6, 6.07) is -0.853. The van der Waals surface area contributed by atoms with Crippen molar-refractivity contribution in [3.05, 3.63) is 72.9 Å². The predicted molar refractivity (Wildman–Crippen MR) is 239 cm³/mol. The van der Waals surface area contributed by atoms with Gasteiger partial charge in [0, 0.05) is 6.42 Å². The Morgan fingerprint density at radius 1 is 0.586 bits per heavy atom. The fourth-order valence-electron chi connectivity index (χ4n) is 6.75. The van der Waals surface area contributed by atoms with Crippen LogP contribution in [0.25, 0.3) is 0 Å². The van der Waals surface area contributed by atoms with Crippen LogP contribution in [0.2, 0.25) is 0 Å². The maximum Gasteiger partial charge on any atom is 0.220 e. The van der Waals surface area contributed by atoms with E-state index in [9.17, 15) is 30.3 Å².